The van der Waals surface area contributed by atoms with Gasteiger partial charge in [0.25, 0.3) is 0 Å². The van der Waals surface area contributed by atoms with Crippen LogP contribution in [-0.4, -0.2) is 17.6 Å². The van der Waals surface area contributed by atoms with Crippen molar-refractivity contribution in [1.82, 2.24) is 4.57 Å². The van der Waals surface area contributed by atoms with E-state index in [2.05, 4.69) is 5.32 Å². The van der Waals surface area contributed by atoms with Gasteiger partial charge in [0.15, 0.2) is 5.58 Å². The number of aryl methyl sites for hydroxylation is 1. The highest BCUT2D eigenvalue weighted by Crippen LogP contribution is 2.27. The Balaban J connectivity index is 1.74. The number of carbonyl (C=O) groups is 1. The zero-order chi connectivity index (χ0) is 18.0. The van der Waals surface area contributed by atoms with Gasteiger partial charge in [0, 0.05) is 29.1 Å². The fourth-order valence-corrected chi connectivity index (χ4v) is 2.79. The number of aromatic nitrogens is 1. The molecule has 0 atom stereocenters. The number of halogens is 2. The number of rotatable bonds is 5. The van der Waals surface area contributed by atoms with Crippen molar-refractivity contribution in [3.63, 3.8) is 0 Å². The molecule has 0 fully saturated rings. The topological polar surface area (TPSA) is 73.5 Å². The van der Waals surface area contributed by atoms with E-state index in [-0.39, 0.29) is 18.9 Å². The van der Waals surface area contributed by atoms with Crippen LogP contribution in [0.15, 0.2) is 45.6 Å². The predicted molar refractivity (Wildman–Crippen MR) is 96.7 cm³/mol. The number of hydrogen-bond donors (Lipinski definition) is 1. The van der Waals surface area contributed by atoms with Crippen LogP contribution in [0.25, 0.3) is 11.1 Å². The lowest BCUT2D eigenvalue weighted by Gasteiger charge is -2.10. The van der Waals surface area contributed by atoms with Gasteiger partial charge in [-0.3, -0.25) is 9.36 Å². The number of carbonyl (C=O) groups excluding carboxylic acids is 1. The molecule has 8 heteroatoms. The quantitative estimate of drug-likeness (QED) is 0.727. The monoisotopic (exact) mass is 380 g/mol. The molecule has 130 valence electrons. The molecule has 1 amide bonds. The Morgan fingerprint density at radius 3 is 2.68 bits per heavy atom. The fourth-order valence-electron chi connectivity index (χ4n) is 2.46. The summed E-state index contributed by atoms with van der Waals surface area (Å²) in [7, 11) is 1.50. The molecule has 0 saturated carbocycles. The second-order valence-corrected chi connectivity index (χ2v) is 6.15. The van der Waals surface area contributed by atoms with E-state index in [1.807, 2.05) is 0 Å². The van der Waals surface area contributed by atoms with Crippen molar-refractivity contribution < 1.29 is 13.9 Å². The second-order valence-electron chi connectivity index (χ2n) is 5.27. The van der Waals surface area contributed by atoms with Crippen LogP contribution < -0.4 is 15.8 Å². The van der Waals surface area contributed by atoms with Gasteiger partial charge in [-0.1, -0.05) is 23.2 Å². The summed E-state index contributed by atoms with van der Waals surface area (Å²) in [5, 5.41) is 3.67. The average Bonchev–Trinajstić information content (AvgIpc) is 2.87. The van der Waals surface area contributed by atoms with Crippen molar-refractivity contribution in [2.45, 2.75) is 13.0 Å². The minimum absolute atomic E-state index is 0.0762. The van der Waals surface area contributed by atoms with Crippen LogP contribution in [0, 0.1) is 0 Å². The molecule has 3 aromatic rings. The Hall–Kier alpha value is -2.44. The number of nitrogens with one attached hydrogen (secondary N) is 1. The molecule has 3 rings (SSSR count). The number of nitrogens with zero attached hydrogens (tertiary/aromatic N) is 1. The maximum absolute atomic E-state index is 12.2. The third-order valence-corrected chi connectivity index (χ3v) is 4.10. The van der Waals surface area contributed by atoms with E-state index in [1.54, 1.807) is 36.4 Å². The van der Waals surface area contributed by atoms with Gasteiger partial charge in [0.2, 0.25) is 5.91 Å². The second kappa shape index (κ2) is 7.21. The Morgan fingerprint density at radius 2 is 1.92 bits per heavy atom. The first-order valence-electron chi connectivity index (χ1n) is 7.40. The van der Waals surface area contributed by atoms with Gasteiger partial charge >= 0.3 is 5.76 Å². The zero-order valence-electron chi connectivity index (χ0n) is 13.2. The molecule has 25 heavy (non-hydrogen) atoms. The SMILES string of the molecule is COc1ccc(Cl)cc1NC(=O)CCn1c(=O)oc2cc(Cl)ccc21. The van der Waals surface area contributed by atoms with Gasteiger partial charge in [-0.2, -0.15) is 0 Å². The Morgan fingerprint density at radius 1 is 1.20 bits per heavy atom. The van der Waals surface area contributed by atoms with Gasteiger partial charge in [-0.05, 0) is 30.3 Å². The Labute approximate surface area is 152 Å². The molecule has 0 aliphatic heterocycles. The number of ether oxygens (including phenoxy) is 1. The van der Waals surface area contributed by atoms with Crippen molar-refractivity contribution in [3.05, 3.63) is 57.0 Å². The van der Waals surface area contributed by atoms with Crippen LogP contribution in [-0.2, 0) is 11.3 Å². The summed E-state index contributed by atoms with van der Waals surface area (Å²) >= 11 is 11.8. The van der Waals surface area contributed by atoms with Crippen LogP contribution >= 0.6 is 23.2 Å². The summed E-state index contributed by atoms with van der Waals surface area (Å²) in [5.74, 6) is -0.320. The molecule has 0 aliphatic carbocycles. The standard InChI is InChI=1S/C17H14Cl2N2O4/c1-24-14-5-3-10(18)8-12(14)20-16(22)6-7-21-13-4-2-11(19)9-15(13)25-17(21)23/h2-5,8-9H,6-7H2,1H3,(H,20,22). The molecule has 1 aromatic heterocycles. The van der Waals surface area contributed by atoms with Crippen LogP contribution in [0.5, 0.6) is 5.75 Å². The molecule has 1 N–H and O–H groups in total. The normalized spacial score (nSPS) is 10.8. The number of benzene rings is 2. The Bertz CT molecular complexity index is 994. The minimum Gasteiger partial charge on any atom is -0.495 e. The molecule has 0 spiro atoms. The molecule has 0 saturated heterocycles. The first-order chi connectivity index (χ1) is 12.0. The molecule has 0 unspecified atom stereocenters. The number of anilines is 1. The van der Waals surface area contributed by atoms with E-state index in [4.69, 9.17) is 32.4 Å². The largest absolute Gasteiger partial charge is 0.495 e. The molecular weight excluding hydrogens is 367 g/mol. The zero-order valence-corrected chi connectivity index (χ0v) is 14.7. The van der Waals surface area contributed by atoms with Crippen molar-refractivity contribution in [2.75, 3.05) is 12.4 Å². The highest BCUT2D eigenvalue weighted by molar-refractivity contribution is 6.31. The van der Waals surface area contributed by atoms with E-state index in [0.29, 0.717) is 32.6 Å². The van der Waals surface area contributed by atoms with Crippen LogP contribution in [0.4, 0.5) is 5.69 Å². The van der Waals surface area contributed by atoms with Crippen LogP contribution in [0.3, 0.4) is 0 Å². The van der Waals surface area contributed by atoms with E-state index >= 15 is 0 Å². The molecular formula is C17H14Cl2N2O4. The minimum atomic E-state index is -0.537. The van der Waals surface area contributed by atoms with E-state index in [1.165, 1.54) is 11.7 Å². The van der Waals surface area contributed by atoms with Gasteiger partial charge in [0.05, 0.1) is 18.3 Å². The summed E-state index contributed by atoms with van der Waals surface area (Å²) in [4.78, 5) is 24.2. The van der Waals surface area contributed by atoms with Crippen molar-refractivity contribution in [1.29, 1.82) is 0 Å². The van der Waals surface area contributed by atoms with Crippen LogP contribution in [0.1, 0.15) is 6.42 Å². The molecule has 0 radical (unpaired) electrons. The highest BCUT2D eigenvalue weighted by Gasteiger charge is 2.13. The van der Waals surface area contributed by atoms with Gasteiger partial charge in [-0.15, -0.1) is 0 Å². The molecule has 6 nitrogen and oxygen atoms in total. The third kappa shape index (κ3) is 3.81. The maximum Gasteiger partial charge on any atom is 0.419 e. The van der Waals surface area contributed by atoms with Gasteiger partial charge < -0.3 is 14.5 Å². The Kier molecular flexibility index (Phi) is 5.01. The maximum atomic E-state index is 12.2. The molecule has 0 aliphatic rings. The summed E-state index contributed by atoms with van der Waals surface area (Å²) in [6.07, 6.45) is 0.0762. The third-order valence-electron chi connectivity index (χ3n) is 3.63. The predicted octanol–water partition coefficient (Wildman–Crippen LogP) is 3.94. The number of oxazole rings is 1. The van der Waals surface area contributed by atoms with Crippen molar-refractivity contribution in [2.24, 2.45) is 0 Å². The fraction of sp³-hybridized carbons (Fsp3) is 0.176. The lowest BCUT2D eigenvalue weighted by atomic mass is 10.2. The lowest BCUT2D eigenvalue weighted by Crippen LogP contribution is -2.20. The number of amides is 1. The van der Waals surface area contributed by atoms with E-state index in [0.717, 1.165) is 0 Å². The van der Waals surface area contributed by atoms with Gasteiger partial charge in [0.1, 0.15) is 5.75 Å². The van der Waals surface area contributed by atoms with Crippen molar-refractivity contribution in [3.8, 4) is 5.75 Å². The molecule has 0 bridgehead atoms. The summed E-state index contributed by atoms with van der Waals surface area (Å²) in [6, 6.07) is 9.83. The summed E-state index contributed by atoms with van der Waals surface area (Å²) in [5.41, 5.74) is 1.44. The summed E-state index contributed by atoms with van der Waals surface area (Å²) < 4.78 is 11.7. The van der Waals surface area contributed by atoms with Gasteiger partial charge in [-0.25, -0.2) is 4.79 Å². The highest BCUT2D eigenvalue weighted by atomic mass is 35.5. The number of fused-ring (bicyclic) bond motifs is 1. The molecule has 1 heterocycles. The smallest absolute Gasteiger partial charge is 0.419 e. The first-order valence-corrected chi connectivity index (χ1v) is 8.16. The molecule has 2 aromatic carbocycles. The number of hydrogen-bond acceptors (Lipinski definition) is 4. The van der Waals surface area contributed by atoms with Crippen LogP contribution in [0.2, 0.25) is 10.0 Å². The lowest BCUT2D eigenvalue weighted by molar-refractivity contribution is -0.116. The number of methoxy groups -OCH3 is 1. The van der Waals surface area contributed by atoms with E-state index < -0.39 is 5.76 Å². The van der Waals surface area contributed by atoms with E-state index in [9.17, 15) is 9.59 Å². The summed E-state index contributed by atoms with van der Waals surface area (Å²) in [6.45, 7) is 0.169. The average molecular weight is 381 g/mol. The van der Waals surface area contributed by atoms with Crippen molar-refractivity contribution >= 4 is 45.9 Å². The first kappa shape index (κ1) is 17.4.